The number of urea groups is 1. The lowest BCUT2D eigenvalue weighted by Crippen LogP contribution is -2.57. The van der Waals surface area contributed by atoms with Crippen molar-refractivity contribution in [3.63, 3.8) is 0 Å². The number of piperidine rings is 1. The molecule has 0 radical (unpaired) electrons. The normalized spacial score (nSPS) is 20.6. The van der Waals surface area contributed by atoms with Gasteiger partial charge in [0.1, 0.15) is 23.7 Å². The largest absolute Gasteiger partial charge is 0.462 e. The zero-order valence-corrected chi connectivity index (χ0v) is 15.7. The molecule has 0 bridgehead atoms. The van der Waals surface area contributed by atoms with Crippen LogP contribution in [-0.2, 0) is 27.4 Å². The zero-order chi connectivity index (χ0) is 18.7. The minimum atomic E-state index is -0.731. The molecule has 144 valence electrons. The molecule has 1 spiro atoms. The number of likely N-dealkylation sites (tertiary alicyclic amines) is 1. The zero-order valence-electron chi connectivity index (χ0n) is 15.7. The maximum absolute atomic E-state index is 12.8. The van der Waals surface area contributed by atoms with Crippen molar-refractivity contribution in [3.05, 3.63) is 23.7 Å². The molecular weight excluding hydrogens is 338 g/mol. The lowest BCUT2D eigenvalue weighted by molar-refractivity contribution is -0.135. The van der Waals surface area contributed by atoms with Crippen molar-refractivity contribution in [3.8, 4) is 0 Å². The number of nitrogens with zero attached hydrogens (tertiary/aromatic N) is 3. The van der Waals surface area contributed by atoms with Crippen molar-refractivity contribution in [2.45, 2.75) is 31.5 Å². The number of rotatable bonds is 7. The van der Waals surface area contributed by atoms with Crippen LogP contribution in [0.15, 0.2) is 16.5 Å². The standard InChI is InChI=1S/C18H27N3O5/c1-19-16(22)18(21(17(19)23)10-11-24-2)6-8-20(9-7-18)12-14-4-5-15(26-14)13-25-3/h4-5H,6-13H2,1-3H3. The van der Waals surface area contributed by atoms with Crippen molar-refractivity contribution in [2.24, 2.45) is 0 Å². The van der Waals surface area contributed by atoms with E-state index in [1.165, 1.54) is 4.90 Å². The van der Waals surface area contributed by atoms with Crippen molar-refractivity contribution in [1.29, 1.82) is 0 Å². The average Bonchev–Trinajstić information content (AvgIpc) is 3.14. The summed E-state index contributed by atoms with van der Waals surface area (Å²) >= 11 is 0. The van der Waals surface area contributed by atoms with E-state index >= 15 is 0 Å². The van der Waals surface area contributed by atoms with Crippen LogP contribution in [0.25, 0.3) is 0 Å². The summed E-state index contributed by atoms with van der Waals surface area (Å²) in [4.78, 5) is 30.4. The number of carbonyl (C=O) groups is 2. The van der Waals surface area contributed by atoms with E-state index < -0.39 is 5.54 Å². The van der Waals surface area contributed by atoms with Gasteiger partial charge in [-0.2, -0.15) is 0 Å². The number of imide groups is 1. The molecule has 3 amide bonds. The van der Waals surface area contributed by atoms with Gasteiger partial charge in [-0.3, -0.25) is 14.6 Å². The van der Waals surface area contributed by atoms with Crippen LogP contribution in [0.3, 0.4) is 0 Å². The Kier molecular flexibility index (Phi) is 5.64. The molecule has 2 aliphatic rings. The molecule has 1 aromatic heterocycles. The Morgan fingerprint density at radius 2 is 1.81 bits per heavy atom. The molecule has 0 aromatic carbocycles. The number of methoxy groups -OCH3 is 2. The molecular formula is C18H27N3O5. The van der Waals surface area contributed by atoms with Crippen molar-refractivity contribution in [1.82, 2.24) is 14.7 Å². The van der Waals surface area contributed by atoms with Crippen LogP contribution in [0.1, 0.15) is 24.4 Å². The summed E-state index contributed by atoms with van der Waals surface area (Å²) in [5.41, 5.74) is -0.731. The molecule has 8 heteroatoms. The van der Waals surface area contributed by atoms with E-state index in [1.54, 1.807) is 26.2 Å². The fourth-order valence-electron chi connectivity index (χ4n) is 3.88. The molecule has 1 aromatic rings. The summed E-state index contributed by atoms with van der Waals surface area (Å²) in [6.07, 6.45) is 1.24. The van der Waals surface area contributed by atoms with Gasteiger partial charge in [0.2, 0.25) is 0 Å². The molecule has 3 rings (SSSR count). The van der Waals surface area contributed by atoms with Gasteiger partial charge in [0.05, 0.1) is 13.2 Å². The van der Waals surface area contributed by atoms with Gasteiger partial charge in [-0.15, -0.1) is 0 Å². The topological polar surface area (TPSA) is 75.5 Å². The van der Waals surface area contributed by atoms with Gasteiger partial charge in [-0.1, -0.05) is 0 Å². The second-order valence-electron chi connectivity index (χ2n) is 6.90. The molecule has 0 aliphatic carbocycles. The molecule has 0 unspecified atom stereocenters. The molecule has 0 saturated carbocycles. The Labute approximate surface area is 153 Å². The third kappa shape index (κ3) is 3.36. The predicted octanol–water partition coefficient (Wildman–Crippen LogP) is 1.30. The predicted molar refractivity (Wildman–Crippen MR) is 93.4 cm³/mol. The Balaban J connectivity index is 1.65. The van der Waals surface area contributed by atoms with Crippen molar-refractivity contribution >= 4 is 11.9 Å². The minimum Gasteiger partial charge on any atom is -0.462 e. The highest BCUT2D eigenvalue weighted by atomic mass is 16.5. The number of carbonyl (C=O) groups excluding carboxylic acids is 2. The summed E-state index contributed by atoms with van der Waals surface area (Å²) in [5.74, 6) is 1.59. The van der Waals surface area contributed by atoms with E-state index in [4.69, 9.17) is 13.9 Å². The maximum Gasteiger partial charge on any atom is 0.327 e. The van der Waals surface area contributed by atoms with Gasteiger partial charge in [0.25, 0.3) is 5.91 Å². The van der Waals surface area contributed by atoms with E-state index in [-0.39, 0.29) is 11.9 Å². The molecule has 0 atom stereocenters. The number of hydrogen-bond donors (Lipinski definition) is 0. The first kappa shape index (κ1) is 18.9. The summed E-state index contributed by atoms with van der Waals surface area (Å²) < 4.78 is 15.9. The smallest absolute Gasteiger partial charge is 0.327 e. The average molecular weight is 365 g/mol. The number of furan rings is 1. The van der Waals surface area contributed by atoms with E-state index in [2.05, 4.69) is 4.90 Å². The van der Waals surface area contributed by atoms with Crippen LogP contribution in [0.5, 0.6) is 0 Å². The number of hydrogen-bond acceptors (Lipinski definition) is 6. The Hall–Kier alpha value is -1.90. The van der Waals surface area contributed by atoms with Crippen LogP contribution >= 0.6 is 0 Å². The van der Waals surface area contributed by atoms with Gasteiger partial charge >= 0.3 is 6.03 Å². The lowest BCUT2D eigenvalue weighted by atomic mass is 9.86. The number of likely N-dealkylation sites (N-methyl/N-ethyl adjacent to an activating group) is 1. The van der Waals surface area contributed by atoms with Gasteiger partial charge in [0, 0.05) is 40.9 Å². The molecule has 26 heavy (non-hydrogen) atoms. The van der Waals surface area contributed by atoms with Crippen LogP contribution in [-0.4, -0.2) is 79.7 Å². The molecule has 8 nitrogen and oxygen atoms in total. The van der Waals surface area contributed by atoms with E-state index in [1.807, 2.05) is 12.1 Å². The van der Waals surface area contributed by atoms with Crippen LogP contribution in [0, 0.1) is 0 Å². The quantitative estimate of drug-likeness (QED) is 0.678. The summed E-state index contributed by atoms with van der Waals surface area (Å²) in [6.45, 7) is 3.47. The fraction of sp³-hybridized carbons (Fsp3) is 0.667. The second kappa shape index (κ2) is 7.77. The second-order valence-corrected chi connectivity index (χ2v) is 6.90. The van der Waals surface area contributed by atoms with E-state index in [0.717, 1.165) is 24.6 Å². The fourth-order valence-corrected chi connectivity index (χ4v) is 3.88. The van der Waals surface area contributed by atoms with Gasteiger partial charge in [-0.25, -0.2) is 4.79 Å². The summed E-state index contributed by atoms with van der Waals surface area (Å²) in [7, 11) is 4.80. The Morgan fingerprint density at radius 1 is 1.12 bits per heavy atom. The van der Waals surface area contributed by atoms with Gasteiger partial charge in [0.15, 0.2) is 0 Å². The summed E-state index contributed by atoms with van der Waals surface area (Å²) in [5, 5.41) is 0. The highest BCUT2D eigenvalue weighted by molar-refractivity contribution is 6.06. The van der Waals surface area contributed by atoms with E-state index in [9.17, 15) is 9.59 Å². The van der Waals surface area contributed by atoms with Crippen molar-refractivity contribution < 1.29 is 23.5 Å². The third-order valence-electron chi connectivity index (χ3n) is 5.32. The van der Waals surface area contributed by atoms with Crippen molar-refractivity contribution in [2.75, 3.05) is 47.5 Å². The highest BCUT2D eigenvalue weighted by Gasteiger charge is 2.56. The monoisotopic (exact) mass is 365 g/mol. The molecule has 3 heterocycles. The van der Waals surface area contributed by atoms with Crippen LogP contribution < -0.4 is 0 Å². The van der Waals surface area contributed by atoms with Crippen LogP contribution in [0.2, 0.25) is 0 Å². The number of ether oxygens (including phenoxy) is 2. The third-order valence-corrected chi connectivity index (χ3v) is 5.32. The Morgan fingerprint density at radius 3 is 2.46 bits per heavy atom. The lowest BCUT2D eigenvalue weighted by Gasteiger charge is -2.42. The minimum absolute atomic E-state index is 0.0985. The first-order chi connectivity index (χ1) is 12.5. The van der Waals surface area contributed by atoms with E-state index in [0.29, 0.717) is 39.1 Å². The SMILES string of the molecule is COCCN1C(=O)N(C)C(=O)C12CCN(Cc1ccc(COC)o1)CC2. The van der Waals surface area contributed by atoms with Crippen LogP contribution in [0.4, 0.5) is 4.79 Å². The first-order valence-corrected chi connectivity index (χ1v) is 8.89. The van der Waals surface area contributed by atoms with Gasteiger partial charge < -0.3 is 18.8 Å². The Bertz CT molecular complexity index is 651. The molecule has 2 saturated heterocycles. The van der Waals surface area contributed by atoms with Gasteiger partial charge in [-0.05, 0) is 25.0 Å². The molecule has 0 N–H and O–H groups in total. The molecule has 2 fully saturated rings. The summed E-state index contributed by atoms with van der Waals surface area (Å²) in [6, 6.07) is 3.66. The highest BCUT2D eigenvalue weighted by Crippen LogP contribution is 2.36. The first-order valence-electron chi connectivity index (χ1n) is 8.89. The molecule has 2 aliphatic heterocycles. The maximum atomic E-state index is 12.8. The number of amides is 3.